The van der Waals surface area contributed by atoms with Crippen LogP contribution < -0.4 is 24.6 Å². The summed E-state index contributed by atoms with van der Waals surface area (Å²) in [7, 11) is 0. The van der Waals surface area contributed by atoms with E-state index in [0.717, 1.165) is 32.7 Å². The molecule has 12 heteroatoms. The van der Waals surface area contributed by atoms with E-state index in [4.69, 9.17) is 21.1 Å². The number of rotatable bonds is 8. The minimum Gasteiger partial charge on any atom is -0.490 e. The highest BCUT2D eigenvalue weighted by atomic mass is 35.5. The molecule has 3 heterocycles. The van der Waals surface area contributed by atoms with Crippen molar-refractivity contribution in [2.75, 3.05) is 23.4 Å². The van der Waals surface area contributed by atoms with Crippen LogP contribution in [-0.4, -0.2) is 41.2 Å². The van der Waals surface area contributed by atoms with Crippen molar-refractivity contribution in [3.05, 3.63) is 110 Å². The number of aromatic amines is 1. The predicted molar refractivity (Wildman–Crippen MR) is 198 cm³/mol. The highest BCUT2D eigenvalue weighted by molar-refractivity contribution is 8.00. The van der Waals surface area contributed by atoms with Gasteiger partial charge in [0.1, 0.15) is 0 Å². The number of hydrogen-bond acceptors (Lipinski definition) is 8. The molecule has 2 aliphatic carbocycles. The van der Waals surface area contributed by atoms with Crippen LogP contribution in [0.15, 0.2) is 94.7 Å². The summed E-state index contributed by atoms with van der Waals surface area (Å²) in [5, 5.41) is 6.44. The lowest BCUT2D eigenvalue weighted by atomic mass is 9.68. The van der Waals surface area contributed by atoms with E-state index in [1.807, 2.05) is 67.6 Å². The van der Waals surface area contributed by atoms with Crippen molar-refractivity contribution in [1.82, 2.24) is 4.98 Å². The zero-order chi connectivity index (χ0) is 35.0. The Hall–Kier alpha value is -4.58. The van der Waals surface area contributed by atoms with Crippen LogP contribution in [0.25, 0.3) is 10.8 Å². The Balaban J connectivity index is 1.00. The van der Waals surface area contributed by atoms with Crippen LogP contribution in [0.4, 0.5) is 11.4 Å². The van der Waals surface area contributed by atoms with Gasteiger partial charge in [0.2, 0.25) is 11.8 Å². The van der Waals surface area contributed by atoms with Gasteiger partial charge in [-0.25, -0.2) is 0 Å². The molecule has 4 aromatic carbocycles. The maximum atomic E-state index is 14.1. The van der Waals surface area contributed by atoms with Crippen LogP contribution in [0.5, 0.6) is 11.5 Å². The zero-order valence-electron chi connectivity index (χ0n) is 27.3. The smallest absolute Gasteiger partial charge is 0.305 e. The minimum absolute atomic E-state index is 0.00196. The van der Waals surface area contributed by atoms with Crippen molar-refractivity contribution in [3.8, 4) is 11.5 Å². The lowest BCUT2D eigenvalue weighted by molar-refractivity contribution is -0.123. The molecule has 1 saturated heterocycles. The molecule has 2 N–H and O–H groups in total. The molecule has 1 aromatic heterocycles. The number of aromatic nitrogens is 1. The third-order valence-corrected chi connectivity index (χ3v) is 13.7. The van der Waals surface area contributed by atoms with Gasteiger partial charge in [-0.15, -0.1) is 11.8 Å². The van der Waals surface area contributed by atoms with Gasteiger partial charge in [-0.2, -0.15) is 0 Å². The van der Waals surface area contributed by atoms with Gasteiger partial charge in [0.25, 0.3) is 5.91 Å². The molecule has 2 saturated carbocycles. The average Bonchev–Trinajstić information content (AvgIpc) is 3.87. The van der Waals surface area contributed by atoms with Crippen molar-refractivity contribution < 1.29 is 23.9 Å². The standard InChI is InChI=1S/C39H32ClN3O6S2/c1-2-48-28-16-21(8-14-27(28)49-18-29(44)41-23-11-7-19-5-3-4-6-20(19)15-23)30-31-25-17-26(34(31)50-36-35(30)51-39(47)42-36)33-32(25)37(45)43(38(33)46)24-12-9-22(40)10-13-24/h3-16,25-26,30-34H,2,17-18H2,1H3,(H,41,44)(H,42,47)/t25?,26?,30-,31?,32?,33?,34?/m1/s1. The molecule has 3 amide bonds. The summed E-state index contributed by atoms with van der Waals surface area (Å²) in [6, 6.07) is 26.3. The molecular weight excluding hydrogens is 706 g/mol. The van der Waals surface area contributed by atoms with Crippen LogP contribution in [0.1, 0.15) is 29.7 Å². The fourth-order valence-corrected chi connectivity index (χ4v) is 12.0. The molecular formula is C39H32ClN3O6S2. The first-order valence-corrected chi connectivity index (χ1v) is 19.1. The fraction of sp³-hybridized carbons (Fsp3) is 0.282. The van der Waals surface area contributed by atoms with Crippen molar-refractivity contribution in [2.45, 2.75) is 29.5 Å². The summed E-state index contributed by atoms with van der Waals surface area (Å²) >= 11 is 8.96. The van der Waals surface area contributed by atoms with Gasteiger partial charge in [0, 0.05) is 26.8 Å². The van der Waals surface area contributed by atoms with E-state index in [0.29, 0.717) is 34.5 Å². The highest BCUT2D eigenvalue weighted by Gasteiger charge is 2.69. The Labute approximate surface area is 306 Å². The number of halogens is 1. The Bertz CT molecular complexity index is 2290. The van der Waals surface area contributed by atoms with Crippen molar-refractivity contribution >= 4 is 74.6 Å². The number of hydrogen-bond donors (Lipinski definition) is 2. The second-order valence-corrected chi connectivity index (χ2v) is 16.1. The largest absolute Gasteiger partial charge is 0.490 e. The SMILES string of the molecule is CCOc1cc([C@H]2c3sc(=O)[nH]c3SC3C4CC(C5C(=O)N(c6ccc(Cl)cc6)C(=O)C45)C32)ccc1OCC(=O)Nc1ccc2ccccc2c1. The first-order valence-electron chi connectivity index (χ1n) is 17.0. The maximum absolute atomic E-state index is 14.1. The van der Waals surface area contributed by atoms with Gasteiger partial charge in [0.05, 0.1) is 29.2 Å². The van der Waals surface area contributed by atoms with Gasteiger partial charge in [0.15, 0.2) is 18.1 Å². The first-order chi connectivity index (χ1) is 24.8. The molecule has 2 bridgehead atoms. The van der Waals surface area contributed by atoms with E-state index in [9.17, 15) is 19.2 Å². The number of imide groups is 1. The summed E-state index contributed by atoms with van der Waals surface area (Å²) in [4.78, 5) is 58.9. The molecule has 9 rings (SSSR count). The van der Waals surface area contributed by atoms with Crippen LogP contribution in [-0.2, 0) is 14.4 Å². The Morgan fingerprint density at radius 1 is 0.902 bits per heavy atom. The molecule has 9 nitrogen and oxygen atoms in total. The van der Waals surface area contributed by atoms with E-state index < -0.39 is 11.8 Å². The normalized spacial score (nSPS) is 25.8. The topological polar surface area (TPSA) is 118 Å². The molecule has 51 heavy (non-hydrogen) atoms. The predicted octanol–water partition coefficient (Wildman–Crippen LogP) is 7.34. The lowest BCUT2D eigenvalue weighted by Crippen LogP contribution is -2.42. The van der Waals surface area contributed by atoms with Gasteiger partial charge in [-0.1, -0.05) is 59.3 Å². The maximum Gasteiger partial charge on any atom is 0.305 e. The third-order valence-electron chi connectivity index (χ3n) is 10.8. The Kier molecular flexibility index (Phi) is 7.97. The second kappa shape index (κ2) is 12.6. The summed E-state index contributed by atoms with van der Waals surface area (Å²) in [5.74, 6) is -0.698. The highest BCUT2D eigenvalue weighted by Crippen LogP contribution is 2.68. The van der Waals surface area contributed by atoms with E-state index in [1.165, 1.54) is 16.2 Å². The summed E-state index contributed by atoms with van der Waals surface area (Å²) < 4.78 is 12.1. The minimum atomic E-state index is -0.421. The monoisotopic (exact) mass is 737 g/mol. The Morgan fingerprint density at radius 3 is 2.45 bits per heavy atom. The first kappa shape index (κ1) is 32.3. The quantitative estimate of drug-likeness (QED) is 0.160. The number of fused-ring (bicyclic) bond motifs is 10. The van der Waals surface area contributed by atoms with E-state index in [2.05, 4.69) is 10.3 Å². The van der Waals surface area contributed by atoms with Crippen LogP contribution >= 0.6 is 34.7 Å². The average molecular weight is 738 g/mol. The molecule has 5 aromatic rings. The number of thiazole rings is 1. The van der Waals surface area contributed by atoms with Crippen LogP contribution in [0.3, 0.4) is 0 Å². The molecule has 3 fully saturated rings. The van der Waals surface area contributed by atoms with Gasteiger partial charge < -0.3 is 19.8 Å². The van der Waals surface area contributed by atoms with Crippen molar-refractivity contribution in [3.63, 3.8) is 0 Å². The summed E-state index contributed by atoms with van der Waals surface area (Å²) in [6.45, 7) is 2.05. The molecule has 0 radical (unpaired) electrons. The number of carbonyl (C=O) groups excluding carboxylic acids is 3. The van der Waals surface area contributed by atoms with Gasteiger partial charge in [-0.3, -0.25) is 24.1 Å². The lowest BCUT2D eigenvalue weighted by Gasteiger charge is -2.43. The van der Waals surface area contributed by atoms with E-state index in [-0.39, 0.29) is 58.1 Å². The van der Waals surface area contributed by atoms with E-state index >= 15 is 0 Å². The Morgan fingerprint density at radius 2 is 1.67 bits per heavy atom. The third kappa shape index (κ3) is 5.36. The number of anilines is 2. The number of carbonyl (C=O) groups is 3. The van der Waals surface area contributed by atoms with Crippen molar-refractivity contribution in [2.24, 2.45) is 29.6 Å². The zero-order valence-corrected chi connectivity index (χ0v) is 29.7. The fourth-order valence-electron chi connectivity index (χ4n) is 8.95. The number of nitrogens with one attached hydrogen (secondary N) is 2. The number of amides is 3. The molecule has 4 aliphatic rings. The summed E-state index contributed by atoms with van der Waals surface area (Å²) in [5.41, 5.74) is 2.16. The van der Waals surface area contributed by atoms with Gasteiger partial charge in [-0.05, 0) is 96.0 Å². The van der Waals surface area contributed by atoms with Gasteiger partial charge >= 0.3 is 4.87 Å². The molecule has 258 valence electrons. The number of H-pyrrole nitrogens is 1. The number of benzene rings is 4. The molecule has 2 aliphatic heterocycles. The number of ether oxygens (including phenoxy) is 2. The summed E-state index contributed by atoms with van der Waals surface area (Å²) in [6.07, 6.45) is 0.783. The van der Waals surface area contributed by atoms with Crippen LogP contribution in [0, 0.1) is 29.6 Å². The molecule has 7 atom stereocenters. The van der Waals surface area contributed by atoms with Crippen LogP contribution in [0.2, 0.25) is 5.02 Å². The molecule has 6 unspecified atom stereocenters. The number of nitrogens with zero attached hydrogens (tertiary/aromatic N) is 1. The molecule has 0 spiro atoms. The van der Waals surface area contributed by atoms with E-state index in [1.54, 1.807) is 36.0 Å². The second-order valence-electron chi connectivity index (χ2n) is 13.5. The number of thioether (sulfide) groups is 1. The van der Waals surface area contributed by atoms with Crippen molar-refractivity contribution in [1.29, 1.82) is 0 Å².